The van der Waals surface area contributed by atoms with E-state index in [0.717, 1.165) is 25.9 Å². The molecule has 0 saturated carbocycles. The summed E-state index contributed by atoms with van der Waals surface area (Å²) in [5, 5.41) is 0.298. The quantitative estimate of drug-likeness (QED) is 0.630. The van der Waals surface area contributed by atoms with E-state index in [1.54, 1.807) is 22.4 Å². The highest BCUT2D eigenvalue weighted by Crippen LogP contribution is 2.19. The summed E-state index contributed by atoms with van der Waals surface area (Å²) in [6, 6.07) is 5.52. The van der Waals surface area contributed by atoms with Crippen molar-refractivity contribution in [1.82, 2.24) is 14.3 Å². The summed E-state index contributed by atoms with van der Waals surface area (Å²) in [6.45, 7) is 3.05. The van der Waals surface area contributed by atoms with Crippen molar-refractivity contribution < 1.29 is 14.3 Å². The number of imidazole rings is 1. The number of halogens is 1. The van der Waals surface area contributed by atoms with Crippen LogP contribution >= 0.6 is 11.6 Å². The van der Waals surface area contributed by atoms with Gasteiger partial charge in [-0.2, -0.15) is 0 Å². The molecule has 1 atom stereocenters. The van der Waals surface area contributed by atoms with Crippen LogP contribution in [0.4, 0.5) is 0 Å². The van der Waals surface area contributed by atoms with Gasteiger partial charge >= 0.3 is 5.97 Å². The lowest BCUT2D eigenvalue weighted by Crippen LogP contribution is -2.37. The molecule has 7 heteroatoms. The first-order chi connectivity index (χ1) is 11.6. The van der Waals surface area contributed by atoms with Gasteiger partial charge in [-0.3, -0.25) is 9.20 Å². The van der Waals surface area contributed by atoms with Crippen molar-refractivity contribution in [2.45, 2.75) is 25.9 Å². The van der Waals surface area contributed by atoms with Crippen LogP contribution in [-0.2, 0) is 14.3 Å². The molecule has 0 N–H and O–H groups in total. The number of carbonyl (C=O) groups is 2. The second-order valence-corrected chi connectivity index (χ2v) is 6.02. The molecule has 2 aromatic heterocycles. The molecule has 2 aromatic rings. The number of carbonyl (C=O) groups excluding carboxylic acids is 2. The van der Waals surface area contributed by atoms with Crippen LogP contribution in [0.2, 0.25) is 5.15 Å². The lowest BCUT2D eigenvalue weighted by atomic mass is 10.3. The van der Waals surface area contributed by atoms with Gasteiger partial charge in [-0.25, -0.2) is 9.78 Å². The third-order valence-electron chi connectivity index (χ3n) is 3.96. The van der Waals surface area contributed by atoms with Crippen LogP contribution in [0, 0.1) is 0 Å². The fourth-order valence-electron chi connectivity index (χ4n) is 2.74. The number of amides is 1. The normalized spacial score (nSPS) is 16.0. The Kier molecular flexibility index (Phi) is 4.85. The summed E-state index contributed by atoms with van der Waals surface area (Å²) in [5.41, 5.74) is 1.27. The second-order valence-electron chi connectivity index (χ2n) is 5.66. The number of esters is 1. The van der Waals surface area contributed by atoms with Gasteiger partial charge in [0.1, 0.15) is 5.65 Å². The molecule has 1 amide bonds. The Balaban J connectivity index is 1.66. The number of rotatable bonds is 4. The number of likely N-dealkylation sites (tertiary alicyclic amines) is 1. The van der Waals surface area contributed by atoms with Gasteiger partial charge in [-0.05, 0) is 38.0 Å². The average molecular weight is 348 g/mol. The summed E-state index contributed by atoms with van der Waals surface area (Å²) in [4.78, 5) is 30.0. The van der Waals surface area contributed by atoms with Crippen LogP contribution in [-0.4, -0.2) is 45.4 Å². The summed E-state index contributed by atoms with van der Waals surface area (Å²) in [6.07, 6.45) is 5.81. The first-order valence-corrected chi connectivity index (χ1v) is 8.24. The van der Waals surface area contributed by atoms with Crippen LogP contribution < -0.4 is 0 Å². The molecule has 3 heterocycles. The number of aromatic nitrogens is 2. The summed E-state index contributed by atoms with van der Waals surface area (Å²) >= 11 is 6.10. The minimum absolute atomic E-state index is 0.151. The predicted molar refractivity (Wildman–Crippen MR) is 90.6 cm³/mol. The summed E-state index contributed by atoms with van der Waals surface area (Å²) < 4.78 is 6.95. The Bertz CT molecular complexity index is 793. The van der Waals surface area contributed by atoms with E-state index in [1.165, 1.54) is 12.2 Å². The number of hydrogen-bond donors (Lipinski definition) is 0. The fraction of sp³-hybridized carbons (Fsp3) is 0.353. The van der Waals surface area contributed by atoms with Crippen LogP contribution in [0.15, 0.2) is 30.5 Å². The van der Waals surface area contributed by atoms with Gasteiger partial charge in [0.15, 0.2) is 11.3 Å². The topological polar surface area (TPSA) is 63.9 Å². The molecule has 3 rings (SSSR count). The zero-order chi connectivity index (χ0) is 17.1. The molecule has 0 aliphatic carbocycles. The maximum atomic E-state index is 12.1. The molecule has 24 heavy (non-hydrogen) atoms. The first-order valence-electron chi connectivity index (χ1n) is 7.86. The van der Waals surface area contributed by atoms with Crippen LogP contribution in [0.25, 0.3) is 11.7 Å². The Hall–Kier alpha value is -2.34. The van der Waals surface area contributed by atoms with Gasteiger partial charge in [0.25, 0.3) is 5.91 Å². The lowest BCUT2D eigenvalue weighted by molar-refractivity contribution is -0.154. The number of hydrogen-bond acceptors (Lipinski definition) is 4. The first kappa shape index (κ1) is 16.5. The van der Waals surface area contributed by atoms with E-state index in [4.69, 9.17) is 16.3 Å². The number of pyridine rings is 1. The van der Waals surface area contributed by atoms with E-state index in [2.05, 4.69) is 4.98 Å². The second kappa shape index (κ2) is 7.05. The zero-order valence-electron chi connectivity index (χ0n) is 13.3. The Labute approximate surface area is 144 Å². The Morgan fingerprint density at radius 1 is 1.33 bits per heavy atom. The molecule has 1 aliphatic heterocycles. The van der Waals surface area contributed by atoms with E-state index < -0.39 is 12.1 Å². The summed E-state index contributed by atoms with van der Waals surface area (Å²) in [5.74, 6) is -0.737. The number of fused-ring (bicyclic) bond motifs is 1. The fourth-order valence-corrected chi connectivity index (χ4v) is 2.98. The number of nitrogens with zero attached hydrogens (tertiary/aromatic N) is 3. The molecule has 1 saturated heterocycles. The third-order valence-corrected chi connectivity index (χ3v) is 4.24. The van der Waals surface area contributed by atoms with E-state index in [0.29, 0.717) is 16.5 Å². The van der Waals surface area contributed by atoms with Crippen LogP contribution in [0.3, 0.4) is 0 Å². The van der Waals surface area contributed by atoms with Crippen LogP contribution in [0.5, 0.6) is 0 Å². The maximum Gasteiger partial charge on any atom is 0.331 e. The van der Waals surface area contributed by atoms with Crippen molar-refractivity contribution in [3.63, 3.8) is 0 Å². The average Bonchev–Trinajstić information content (AvgIpc) is 3.19. The van der Waals surface area contributed by atoms with Crippen molar-refractivity contribution in [3.8, 4) is 0 Å². The highest BCUT2D eigenvalue weighted by atomic mass is 35.5. The largest absolute Gasteiger partial charge is 0.449 e. The molecule has 0 spiro atoms. The van der Waals surface area contributed by atoms with Gasteiger partial charge in [0.2, 0.25) is 0 Å². The number of ether oxygens (including phenoxy) is 1. The standard InChI is InChI=1S/C17H18ClN3O3/c1-12(17(23)20-9-4-5-10-20)24-15(22)8-7-13-16(18)19-14-6-2-3-11-21(13)14/h2-3,6-8,11-12H,4-5,9-10H2,1H3/b8-7+/t12-/m1/s1. The van der Waals surface area contributed by atoms with Gasteiger partial charge in [0, 0.05) is 25.4 Å². The van der Waals surface area contributed by atoms with Crippen molar-refractivity contribution in [2.24, 2.45) is 0 Å². The van der Waals surface area contributed by atoms with Crippen molar-refractivity contribution in [1.29, 1.82) is 0 Å². The van der Waals surface area contributed by atoms with E-state index in [1.807, 2.05) is 18.2 Å². The summed E-state index contributed by atoms with van der Waals surface area (Å²) in [7, 11) is 0. The van der Waals surface area contributed by atoms with Crippen LogP contribution in [0.1, 0.15) is 25.5 Å². The molecular weight excluding hydrogens is 330 g/mol. The van der Waals surface area contributed by atoms with Crippen molar-refractivity contribution >= 4 is 35.2 Å². The Morgan fingerprint density at radius 2 is 2.08 bits per heavy atom. The predicted octanol–water partition coefficient (Wildman–Crippen LogP) is 2.56. The smallest absolute Gasteiger partial charge is 0.331 e. The zero-order valence-corrected chi connectivity index (χ0v) is 14.1. The molecule has 0 aromatic carbocycles. The van der Waals surface area contributed by atoms with Crippen molar-refractivity contribution in [3.05, 3.63) is 41.3 Å². The van der Waals surface area contributed by atoms with Gasteiger partial charge in [-0.15, -0.1) is 0 Å². The van der Waals surface area contributed by atoms with Gasteiger partial charge in [0.05, 0.1) is 5.69 Å². The van der Waals surface area contributed by atoms with E-state index in [-0.39, 0.29) is 5.91 Å². The molecule has 1 aliphatic rings. The Morgan fingerprint density at radius 3 is 2.83 bits per heavy atom. The third kappa shape index (κ3) is 3.43. The molecular formula is C17H18ClN3O3. The minimum atomic E-state index is -0.794. The molecule has 0 unspecified atom stereocenters. The molecule has 6 nitrogen and oxygen atoms in total. The highest BCUT2D eigenvalue weighted by Gasteiger charge is 2.25. The van der Waals surface area contributed by atoms with Crippen molar-refractivity contribution in [2.75, 3.05) is 13.1 Å². The highest BCUT2D eigenvalue weighted by molar-refractivity contribution is 6.31. The van der Waals surface area contributed by atoms with Gasteiger partial charge in [-0.1, -0.05) is 17.7 Å². The maximum absolute atomic E-state index is 12.1. The van der Waals surface area contributed by atoms with E-state index in [9.17, 15) is 9.59 Å². The molecule has 0 bridgehead atoms. The molecule has 126 valence electrons. The molecule has 1 fully saturated rings. The SMILES string of the molecule is C[C@@H](OC(=O)/C=C/c1c(Cl)nc2ccccn12)C(=O)N1CCCC1. The van der Waals surface area contributed by atoms with Gasteiger partial charge < -0.3 is 9.64 Å². The van der Waals surface area contributed by atoms with E-state index >= 15 is 0 Å². The minimum Gasteiger partial charge on any atom is -0.449 e. The monoisotopic (exact) mass is 347 g/mol. The lowest BCUT2D eigenvalue weighted by Gasteiger charge is -2.19. The molecule has 0 radical (unpaired) electrons.